The van der Waals surface area contributed by atoms with Crippen LogP contribution < -0.4 is 9.47 Å². The van der Waals surface area contributed by atoms with E-state index in [2.05, 4.69) is 21.9 Å². The standard InChI is InChI=1S/C40H48N4O6S/c1-41(2)22-27-44-37-13-9-8-12-36(37)39(40(44)51(45,46)43-25-23-42(24-26-43)28-31-10-6-5-7-11-31)38(32-14-18-34(19-15-32)49-29-47-3)33-16-20-35(21-17-33)50-30-48-4/h5-21,38H,22-30H2,1-4H3. The zero-order valence-corrected chi connectivity index (χ0v) is 30.7. The summed E-state index contributed by atoms with van der Waals surface area (Å²) in [6.07, 6.45) is 0. The summed E-state index contributed by atoms with van der Waals surface area (Å²) in [6, 6.07) is 34.0. The summed E-state index contributed by atoms with van der Waals surface area (Å²) in [6.45, 7) is 4.35. The summed E-state index contributed by atoms with van der Waals surface area (Å²) in [7, 11) is 3.23. The van der Waals surface area contributed by atoms with Crippen LogP contribution in [0.1, 0.15) is 28.2 Å². The van der Waals surface area contributed by atoms with Gasteiger partial charge in [0.2, 0.25) is 0 Å². The molecule has 270 valence electrons. The third-order valence-corrected chi connectivity index (χ3v) is 11.3. The Balaban J connectivity index is 1.48. The van der Waals surface area contributed by atoms with Gasteiger partial charge in [0.05, 0.1) is 0 Å². The molecule has 0 bridgehead atoms. The van der Waals surface area contributed by atoms with Gasteiger partial charge in [-0.05, 0) is 61.1 Å². The van der Waals surface area contributed by atoms with Gasteiger partial charge in [0.15, 0.2) is 18.6 Å². The van der Waals surface area contributed by atoms with Gasteiger partial charge < -0.3 is 28.4 Å². The van der Waals surface area contributed by atoms with Crippen LogP contribution in [0.2, 0.25) is 0 Å². The first-order valence-corrected chi connectivity index (χ1v) is 18.7. The van der Waals surface area contributed by atoms with Gasteiger partial charge in [0, 0.05) is 82.4 Å². The van der Waals surface area contributed by atoms with Crippen LogP contribution in [0.3, 0.4) is 0 Å². The normalized spacial score (nSPS) is 14.5. The van der Waals surface area contributed by atoms with Crippen molar-refractivity contribution >= 4 is 20.9 Å². The van der Waals surface area contributed by atoms with Crippen LogP contribution in [0.4, 0.5) is 0 Å². The lowest BCUT2D eigenvalue weighted by molar-refractivity contribution is 0.0509. The van der Waals surface area contributed by atoms with Crippen molar-refractivity contribution in [2.75, 3.05) is 74.6 Å². The van der Waals surface area contributed by atoms with E-state index in [0.29, 0.717) is 55.8 Å². The number of sulfonamides is 1. The maximum atomic E-state index is 15.2. The second-order valence-corrected chi connectivity index (χ2v) is 14.9. The summed E-state index contributed by atoms with van der Waals surface area (Å²) in [5.41, 5.74) is 4.74. The third kappa shape index (κ3) is 8.47. The fourth-order valence-electron chi connectivity index (χ4n) is 6.77. The average Bonchev–Trinajstić information content (AvgIpc) is 3.48. The van der Waals surface area contributed by atoms with E-state index in [1.54, 1.807) is 18.5 Å². The minimum atomic E-state index is -3.96. The first kappa shape index (κ1) is 36.6. The van der Waals surface area contributed by atoms with E-state index in [-0.39, 0.29) is 13.6 Å². The monoisotopic (exact) mass is 712 g/mol. The maximum Gasteiger partial charge on any atom is 0.259 e. The van der Waals surface area contributed by atoms with E-state index in [9.17, 15) is 0 Å². The molecule has 51 heavy (non-hydrogen) atoms. The molecule has 5 aromatic rings. The molecule has 0 unspecified atom stereocenters. The van der Waals surface area contributed by atoms with Crippen LogP contribution in [0.5, 0.6) is 11.5 Å². The summed E-state index contributed by atoms with van der Waals surface area (Å²) in [4.78, 5) is 4.41. The number of methoxy groups -OCH3 is 2. The first-order chi connectivity index (χ1) is 24.8. The molecule has 6 rings (SSSR count). The molecule has 0 radical (unpaired) electrons. The number of benzene rings is 4. The molecule has 0 spiro atoms. The van der Waals surface area contributed by atoms with Crippen molar-refractivity contribution in [3.05, 3.63) is 125 Å². The topological polar surface area (TPSA) is 85.7 Å². The highest BCUT2D eigenvalue weighted by molar-refractivity contribution is 7.89. The Morgan fingerprint density at radius 2 is 1.25 bits per heavy atom. The van der Waals surface area contributed by atoms with E-state index < -0.39 is 15.9 Å². The van der Waals surface area contributed by atoms with E-state index >= 15 is 8.42 Å². The van der Waals surface area contributed by atoms with Crippen LogP contribution in [0.15, 0.2) is 108 Å². The molecule has 0 atom stereocenters. The van der Waals surface area contributed by atoms with Crippen LogP contribution in [0, 0.1) is 0 Å². The highest BCUT2D eigenvalue weighted by atomic mass is 32.2. The van der Waals surface area contributed by atoms with Crippen molar-refractivity contribution in [2.45, 2.75) is 24.0 Å². The number of para-hydroxylation sites is 1. The van der Waals surface area contributed by atoms with E-state index in [4.69, 9.17) is 18.9 Å². The molecular formula is C40H48N4O6S. The van der Waals surface area contributed by atoms with E-state index in [0.717, 1.165) is 34.1 Å². The molecule has 1 aliphatic rings. The molecule has 1 fully saturated rings. The minimum absolute atomic E-state index is 0.131. The first-order valence-electron chi connectivity index (χ1n) is 17.3. The minimum Gasteiger partial charge on any atom is -0.468 e. The number of rotatable bonds is 16. The largest absolute Gasteiger partial charge is 0.468 e. The Hall–Kier alpha value is -4.23. The van der Waals surface area contributed by atoms with Crippen LogP contribution in [-0.2, 0) is 32.6 Å². The Morgan fingerprint density at radius 3 is 1.80 bits per heavy atom. The van der Waals surface area contributed by atoms with Gasteiger partial charge in [-0.2, -0.15) is 4.31 Å². The molecule has 0 amide bonds. The van der Waals surface area contributed by atoms with E-state index in [1.165, 1.54) is 5.56 Å². The maximum absolute atomic E-state index is 15.2. The predicted molar refractivity (Wildman–Crippen MR) is 200 cm³/mol. The molecule has 2 heterocycles. The van der Waals surface area contributed by atoms with Gasteiger partial charge in [-0.3, -0.25) is 4.90 Å². The van der Waals surface area contributed by atoms with Gasteiger partial charge in [0.25, 0.3) is 10.0 Å². The molecule has 0 saturated carbocycles. The molecule has 1 aromatic heterocycles. The molecule has 11 heteroatoms. The zero-order chi connectivity index (χ0) is 35.8. The van der Waals surface area contributed by atoms with Crippen molar-refractivity contribution in [3.63, 3.8) is 0 Å². The van der Waals surface area contributed by atoms with Crippen molar-refractivity contribution < 1.29 is 27.4 Å². The Morgan fingerprint density at radius 1 is 0.706 bits per heavy atom. The summed E-state index contributed by atoms with van der Waals surface area (Å²) in [5, 5.41) is 1.24. The SMILES string of the molecule is COCOc1ccc(C(c2ccc(OCOC)cc2)c2c(S(=O)(=O)N3CCN(Cc4ccccc4)CC3)n(CCN(C)C)c3ccccc23)cc1. The number of hydrogen-bond acceptors (Lipinski definition) is 8. The molecule has 0 aliphatic carbocycles. The fraction of sp³-hybridized carbons (Fsp3) is 0.350. The number of fused-ring (bicyclic) bond motifs is 1. The fourth-order valence-corrected chi connectivity index (χ4v) is 8.63. The summed E-state index contributed by atoms with van der Waals surface area (Å²) in [5.74, 6) is 0.905. The number of hydrogen-bond donors (Lipinski definition) is 0. The second kappa shape index (κ2) is 16.9. The molecule has 4 aromatic carbocycles. The van der Waals surface area contributed by atoms with Crippen molar-refractivity contribution in [1.29, 1.82) is 0 Å². The van der Waals surface area contributed by atoms with Crippen LogP contribution >= 0.6 is 0 Å². The lowest BCUT2D eigenvalue weighted by Gasteiger charge is -2.34. The molecule has 1 saturated heterocycles. The Bertz CT molecular complexity index is 1910. The number of nitrogens with zero attached hydrogens (tertiary/aromatic N) is 4. The Kier molecular flexibility index (Phi) is 12.1. The molecule has 1 aliphatic heterocycles. The lowest BCUT2D eigenvalue weighted by Crippen LogP contribution is -2.48. The molecule has 10 nitrogen and oxygen atoms in total. The number of likely N-dealkylation sites (N-methyl/N-ethyl adjacent to an activating group) is 1. The molecule has 0 N–H and O–H groups in total. The van der Waals surface area contributed by atoms with Crippen molar-refractivity contribution in [1.82, 2.24) is 18.7 Å². The predicted octanol–water partition coefficient (Wildman–Crippen LogP) is 5.86. The van der Waals surface area contributed by atoms with Crippen molar-refractivity contribution in [2.24, 2.45) is 0 Å². The summed E-state index contributed by atoms with van der Waals surface area (Å²) < 4.78 is 55.8. The average molecular weight is 713 g/mol. The van der Waals surface area contributed by atoms with Gasteiger partial charge in [-0.25, -0.2) is 8.42 Å². The number of piperazine rings is 1. The van der Waals surface area contributed by atoms with Gasteiger partial charge in [-0.15, -0.1) is 0 Å². The number of aromatic nitrogens is 1. The van der Waals surface area contributed by atoms with Crippen LogP contribution in [-0.4, -0.2) is 102 Å². The van der Waals surface area contributed by atoms with E-state index in [1.807, 2.05) is 110 Å². The highest BCUT2D eigenvalue weighted by Gasteiger charge is 2.38. The zero-order valence-electron chi connectivity index (χ0n) is 29.9. The molecular weight excluding hydrogens is 665 g/mol. The second-order valence-electron chi connectivity index (χ2n) is 13.0. The van der Waals surface area contributed by atoms with Gasteiger partial charge >= 0.3 is 0 Å². The van der Waals surface area contributed by atoms with Crippen molar-refractivity contribution in [3.8, 4) is 11.5 Å². The Labute approximate surface area is 301 Å². The highest BCUT2D eigenvalue weighted by Crippen LogP contribution is 2.43. The smallest absolute Gasteiger partial charge is 0.259 e. The van der Waals surface area contributed by atoms with Crippen LogP contribution in [0.25, 0.3) is 10.9 Å². The van der Waals surface area contributed by atoms with Gasteiger partial charge in [0.1, 0.15) is 11.5 Å². The number of ether oxygens (including phenoxy) is 4. The lowest BCUT2D eigenvalue weighted by atomic mass is 9.85. The third-order valence-electron chi connectivity index (χ3n) is 9.30. The summed E-state index contributed by atoms with van der Waals surface area (Å²) >= 11 is 0. The van der Waals surface area contributed by atoms with Gasteiger partial charge in [-0.1, -0.05) is 72.8 Å². The quantitative estimate of drug-likeness (QED) is 0.118.